The largest absolute Gasteiger partial charge is 0.464 e. The topological polar surface area (TPSA) is 30.2 Å². The summed E-state index contributed by atoms with van der Waals surface area (Å²) in [5, 5.41) is 0.634. The van der Waals surface area contributed by atoms with Gasteiger partial charge in [0.05, 0.1) is 11.6 Å². The first-order valence-corrected chi connectivity index (χ1v) is 17.0. The normalized spacial score (nSPS) is 10.1. The van der Waals surface area contributed by atoms with E-state index in [2.05, 4.69) is 106 Å². The van der Waals surface area contributed by atoms with Crippen molar-refractivity contribution < 1.29 is 58.2 Å². The molecule has 267 valence electrons. The SMILES string of the molecule is C.CC(C)C.CC(C)C.CC(C)C.Cc1ccccc1.O=c1ccoc2ccccc12.[W].[Y].c1ccc2c(c1)CCCC2.c1ccccc1. The van der Waals surface area contributed by atoms with Crippen LogP contribution in [-0.2, 0) is 66.6 Å². The standard InChI is InChI=1S/C10H12.C9H6O2.C7H8.C6H6.3C4H10.CH4.W.Y/c1-2-6-10-8-4-3-7-9(10)5-1;10-8-5-6-11-9-4-2-1-3-7(8)9;1-7-5-3-2-4-6-7;1-2-4-6-5-3-1;3*1-4(2)3;;;/h1-2,5-6H,3-4,7-8H2;1-6H;2-6H,1H3;1-6H;3*4H,1-3H3;1H4;;. The molecule has 0 spiro atoms. The van der Waals surface area contributed by atoms with Crippen molar-refractivity contribution >= 4 is 11.0 Å². The summed E-state index contributed by atoms with van der Waals surface area (Å²) >= 11 is 0. The molecule has 0 saturated carbocycles. The molecule has 1 aliphatic carbocycles. The Bertz CT molecular complexity index is 1350. The third kappa shape index (κ3) is 34.1. The van der Waals surface area contributed by atoms with Gasteiger partial charge in [-0.1, -0.05) is 178 Å². The third-order valence-electron chi connectivity index (χ3n) is 5.43. The minimum Gasteiger partial charge on any atom is -0.464 e. The van der Waals surface area contributed by atoms with Gasteiger partial charge >= 0.3 is 0 Å². The van der Waals surface area contributed by atoms with Gasteiger partial charge in [-0.15, -0.1) is 0 Å². The Morgan fingerprint density at radius 3 is 1.18 bits per heavy atom. The van der Waals surface area contributed by atoms with Crippen LogP contribution in [0.2, 0.25) is 0 Å². The minimum atomic E-state index is 0. The molecule has 0 fully saturated rings. The van der Waals surface area contributed by atoms with Crippen molar-refractivity contribution in [3.05, 3.63) is 155 Å². The Hall–Kier alpha value is -2.12. The van der Waals surface area contributed by atoms with Gasteiger partial charge in [0.2, 0.25) is 0 Å². The molecule has 4 heteroatoms. The summed E-state index contributed by atoms with van der Waals surface area (Å²) in [5.74, 6) is 2.50. The van der Waals surface area contributed by atoms with E-state index in [0.29, 0.717) is 11.0 Å². The smallest absolute Gasteiger partial charge is 0.192 e. The molecular weight excluding hydrogens is 845 g/mol. The van der Waals surface area contributed by atoms with Crippen LogP contribution in [0.15, 0.2) is 137 Å². The molecule has 4 aromatic carbocycles. The molecule has 49 heavy (non-hydrogen) atoms. The second-order valence-electron chi connectivity index (χ2n) is 13.3. The molecule has 0 saturated heterocycles. The van der Waals surface area contributed by atoms with Crippen molar-refractivity contribution in [2.45, 2.75) is 102 Å². The fourth-order valence-electron chi connectivity index (χ4n) is 3.63. The van der Waals surface area contributed by atoms with E-state index < -0.39 is 0 Å². The Morgan fingerprint density at radius 2 is 0.837 bits per heavy atom. The molecule has 0 atom stereocenters. The molecular formula is C45H66O2WY. The zero-order valence-corrected chi connectivity index (χ0v) is 37.3. The first kappa shape index (κ1) is 53.7. The molecule has 1 aromatic heterocycles. The van der Waals surface area contributed by atoms with Crippen LogP contribution in [0, 0.1) is 24.7 Å². The van der Waals surface area contributed by atoms with Crippen molar-refractivity contribution in [1.29, 1.82) is 0 Å². The summed E-state index contributed by atoms with van der Waals surface area (Å²) in [4.78, 5) is 11.1. The van der Waals surface area contributed by atoms with Crippen LogP contribution in [-0.4, -0.2) is 0 Å². The fraction of sp³-hybridized carbons (Fsp3) is 0.400. The van der Waals surface area contributed by atoms with Gasteiger partial charge in [0, 0.05) is 59.8 Å². The molecule has 2 nitrogen and oxygen atoms in total. The average molecular weight is 912 g/mol. The van der Waals surface area contributed by atoms with E-state index in [-0.39, 0.29) is 66.6 Å². The Labute approximate surface area is 341 Å². The fourth-order valence-corrected chi connectivity index (χ4v) is 3.63. The van der Waals surface area contributed by atoms with Crippen molar-refractivity contribution in [1.82, 2.24) is 0 Å². The van der Waals surface area contributed by atoms with E-state index in [9.17, 15) is 4.79 Å². The van der Waals surface area contributed by atoms with Crippen LogP contribution in [0.3, 0.4) is 0 Å². The molecule has 5 aromatic rings. The predicted molar refractivity (Wildman–Crippen MR) is 211 cm³/mol. The number of hydrogen-bond donors (Lipinski definition) is 0. The molecule has 1 radical (unpaired) electrons. The number of aryl methyl sites for hydroxylation is 3. The number of hydrogen-bond acceptors (Lipinski definition) is 2. The van der Waals surface area contributed by atoms with Gasteiger partial charge in [0.15, 0.2) is 5.43 Å². The van der Waals surface area contributed by atoms with Gasteiger partial charge in [-0.3, -0.25) is 4.79 Å². The van der Waals surface area contributed by atoms with Gasteiger partial charge in [0.25, 0.3) is 0 Å². The molecule has 1 aliphatic rings. The van der Waals surface area contributed by atoms with E-state index >= 15 is 0 Å². The van der Waals surface area contributed by atoms with E-state index in [1.54, 1.807) is 23.3 Å². The Morgan fingerprint density at radius 1 is 0.510 bits per heavy atom. The van der Waals surface area contributed by atoms with E-state index in [0.717, 1.165) is 17.8 Å². The first-order valence-electron chi connectivity index (χ1n) is 17.0. The third-order valence-corrected chi connectivity index (χ3v) is 5.43. The summed E-state index contributed by atoms with van der Waals surface area (Å²) in [6.45, 7) is 21.6. The van der Waals surface area contributed by atoms with Crippen LogP contribution in [0.4, 0.5) is 0 Å². The van der Waals surface area contributed by atoms with Crippen molar-refractivity contribution in [2.24, 2.45) is 17.8 Å². The monoisotopic (exact) mass is 911 g/mol. The average Bonchev–Trinajstić information content (AvgIpc) is 3.03. The molecule has 0 aliphatic heterocycles. The van der Waals surface area contributed by atoms with Crippen LogP contribution >= 0.6 is 0 Å². The summed E-state index contributed by atoms with van der Waals surface area (Å²) in [5.41, 5.74) is 5.12. The Balaban J connectivity index is -0.000000248. The molecule has 0 unspecified atom stereocenters. The van der Waals surface area contributed by atoms with Crippen LogP contribution in [0.1, 0.15) is 99.3 Å². The van der Waals surface area contributed by atoms with E-state index in [4.69, 9.17) is 4.42 Å². The summed E-state index contributed by atoms with van der Waals surface area (Å²) in [7, 11) is 0. The number of para-hydroxylation sites is 1. The molecule has 0 bridgehead atoms. The molecule has 1 heterocycles. The van der Waals surface area contributed by atoms with Crippen molar-refractivity contribution in [2.75, 3.05) is 0 Å². The van der Waals surface area contributed by atoms with Gasteiger partial charge < -0.3 is 4.42 Å². The van der Waals surface area contributed by atoms with E-state index in [1.165, 1.54) is 43.6 Å². The second-order valence-corrected chi connectivity index (χ2v) is 13.3. The zero-order valence-electron chi connectivity index (χ0n) is 31.5. The summed E-state index contributed by atoms with van der Waals surface area (Å²) in [6.07, 6.45) is 6.78. The second kappa shape index (κ2) is 35.7. The molecule has 0 N–H and O–H groups in total. The molecule has 6 rings (SSSR count). The minimum absolute atomic E-state index is 0. The van der Waals surface area contributed by atoms with E-state index in [1.807, 2.05) is 66.7 Å². The molecule has 0 amide bonds. The number of rotatable bonds is 0. The van der Waals surface area contributed by atoms with Crippen molar-refractivity contribution in [3.8, 4) is 0 Å². The summed E-state index contributed by atoms with van der Waals surface area (Å²) in [6, 6.07) is 39.7. The van der Waals surface area contributed by atoms with Gasteiger partial charge in [-0.2, -0.15) is 0 Å². The maximum absolute atomic E-state index is 11.1. The van der Waals surface area contributed by atoms with Crippen molar-refractivity contribution in [3.63, 3.8) is 0 Å². The zero-order chi connectivity index (χ0) is 34.6. The first-order chi connectivity index (χ1) is 21.9. The van der Waals surface area contributed by atoms with Gasteiger partial charge in [0.1, 0.15) is 5.58 Å². The van der Waals surface area contributed by atoms with Crippen LogP contribution in [0.25, 0.3) is 11.0 Å². The summed E-state index contributed by atoms with van der Waals surface area (Å²) < 4.78 is 5.09. The maximum Gasteiger partial charge on any atom is 0.192 e. The maximum atomic E-state index is 11.1. The predicted octanol–water partition coefficient (Wildman–Crippen LogP) is 13.7. The number of benzene rings is 4. The van der Waals surface area contributed by atoms with Crippen LogP contribution < -0.4 is 5.43 Å². The van der Waals surface area contributed by atoms with Crippen LogP contribution in [0.5, 0.6) is 0 Å². The Kier molecular flexibility index (Phi) is 39.1. The van der Waals surface area contributed by atoms with Gasteiger partial charge in [-0.25, -0.2) is 0 Å². The van der Waals surface area contributed by atoms with Gasteiger partial charge in [-0.05, 0) is 73.6 Å². The number of fused-ring (bicyclic) bond motifs is 2. The quantitative estimate of drug-likeness (QED) is 0.155.